The van der Waals surface area contributed by atoms with Crippen molar-refractivity contribution in [2.75, 3.05) is 6.54 Å². The molecule has 2 rings (SSSR count). The van der Waals surface area contributed by atoms with E-state index >= 15 is 0 Å². The Bertz CT molecular complexity index is 535. The van der Waals surface area contributed by atoms with Gasteiger partial charge in [-0.2, -0.15) is 15.4 Å². The number of aromatic nitrogens is 3. The summed E-state index contributed by atoms with van der Waals surface area (Å²) in [4.78, 5) is 20.3. The van der Waals surface area contributed by atoms with Gasteiger partial charge in [-0.15, -0.1) is 0 Å². The quantitative estimate of drug-likeness (QED) is 0.704. The average molecular weight is 262 g/mol. The molecule has 0 unspecified atom stereocenters. The number of aliphatic carboxylic acids is 1. The van der Waals surface area contributed by atoms with E-state index in [1.54, 1.807) is 0 Å². The zero-order valence-corrected chi connectivity index (χ0v) is 10.2. The molecule has 1 heterocycles. The molecule has 2 aromatic rings. The van der Waals surface area contributed by atoms with Gasteiger partial charge in [0.1, 0.15) is 11.0 Å². The molecule has 1 aromatic carbocycles. The Morgan fingerprint density at radius 2 is 1.89 bits per heavy atom. The van der Waals surface area contributed by atoms with Gasteiger partial charge in [0.2, 0.25) is 5.91 Å². The fourth-order valence-electron chi connectivity index (χ4n) is 1.15. The lowest BCUT2D eigenvalue weighted by atomic mass is 10.3. The van der Waals surface area contributed by atoms with Crippen molar-refractivity contribution in [3.8, 4) is 0 Å². The maximum Gasteiger partial charge on any atom is 0.305 e. The van der Waals surface area contributed by atoms with E-state index in [1.165, 1.54) is 0 Å². The summed E-state index contributed by atoms with van der Waals surface area (Å²) >= 11 is 0. The van der Waals surface area contributed by atoms with Crippen molar-refractivity contribution in [2.24, 2.45) is 0 Å². The third-order valence-electron chi connectivity index (χ3n) is 2.05. The first-order valence-electron chi connectivity index (χ1n) is 5.51. The third-order valence-corrected chi connectivity index (χ3v) is 2.05. The van der Waals surface area contributed by atoms with E-state index < -0.39 is 5.97 Å². The van der Waals surface area contributed by atoms with E-state index in [1.807, 2.05) is 24.3 Å². The van der Waals surface area contributed by atoms with Gasteiger partial charge in [-0.05, 0) is 18.2 Å². The fraction of sp³-hybridized carbons (Fsp3) is 0.167. The minimum Gasteiger partial charge on any atom is -0.481 e. The predicted octanol–water partition coefficient (Wildman–Crippen LogP) is 0.721. The Kier molecular flexibility index (Phi) is 5.74. The second kappa shape index (κ2) is 7.59. The summed E-state index contributed by atoms with van der Waals surface area (Å²) in [5.41, 5.74) is 1.83. The highest BCUT2D eigenvalue weighted by molar-refractivity contribution is 5.87. The molecule has 3 N–H and O–H groups in total. The number of carbonyl (C=O) groups is 2. The lowest BCUT2D eigenvalue weighted by Gasteiger charge is -1.96. The second-order valence-electron chi connectivity index (χ2n) is 3.45. The number of aromatic amines is 1. The van der Waals surface area contributed by atoms with Gasteiger partial charge < -0.3 is 10.4 Å². The number of benzene rings is 1. The van der Waals surface area contributed by atoms with Crippen LogP contribution in [0.5, 0.6) is 0 Å². The van der Waals surface area contributed by atoms with Crippen molar-refractivity contribution < 1.29 is 14.7 Å². The molecule has 0 fully saturated rings. The first kappa shape index (κ1) is 14.4. The number of H-pyrrole nitrogens is 1. The van der Waals surface area contributed by atoms with Crippen LogP contribution < -0.4 is 5.32 Å². The summed E-state index contributed by atoms with van der Waals surface area (Å²) in [7, 11) is 0. The highest BCUT2D eigenvalue weighted by atomic mass is 16.4. The topological polar surface area (TPSA) is 108 Å². The molecule has 0 aliphatic carbocycles. The molecular formula is C12H14N4O3. The van der Waals surface area contributed by atoms with Crippen LogP contribution >= 0.6 is 0 Å². The summed E-state index contributed by atoms with van der Waals surface area (Å²) in [6.45, 7) is 3.35. The van der Waals surface area contributed by atoms with Gasteiger partial charge in [0.25, 0.3) is 0 Å². The predicted molar refractivity (Wildman–Crippen MR) is 69.3 cm³/mol. The standard InChI is InChI=1S/C6H5N3.C6H9NO3/c1-2-4-6-5(3-1)7-9-8-6;1-2-5(8)7-4-3-6(9)10/h1-4H,(H,7,8,9);2H,1,3-4H2,(H,7,8)(H,9,10). The Labute approximate surface area is 109 Å². The monoisotopic (exact) mass is 262 g/mol. The molecule has 0 aliphatic rings. The van der Waals surface area contributed by atoms with Crippen LogP contribution in [0.15, 0.2) is 36.9 Å². The van der Waals surface area contributed by atoms with E-state index in [4.69, 9.17) is 5.11 Å². The molecule has 7 nitrogen and oxygen atoms in total. The summed E-state index contributed by atoms with van der Waals surface area (Å²) in [5, 5.41) is 20.8. The lowest BCUT2D eigenvalue weighted by molar-refractivity contribution is -0.136. The second-order valence-corrected chi connectivity index (χ2v) is 3.45. The molecule has 0 aliphatic heterocycles. The van der Waals surface area contributed by atoms with Crippen molar-refractivity contribution >= 4 is 22.9 Å². The first-order chi connectivity index (χ1) is 9.13. The summed E-state index contributed by atoms with van der Waals surface area (Å²) < 4.78 is 0. The molecule has 19 heavy (non-hydrogen) atoms. The van der Waals surface area contributed by atoms with Crippen LogP contribution in [-0.2, 0) is 9.59 Å². The maximum atomic E-state index is 10.4. The van der Waals surface area contributed by atoms with Crippen LogP contribution in [0.25, 0.3) is 11.0 Å². The van der Waals surface area contributed by atoms with Crippen LogP contribution in [0.3, 0.4) is 0 Å². The number of carbonyl (C=O) groups excluding carboxylic acids is 1. The van der Waals surface area contributed by atoms with Gasteiger partial charge in [-0.3, -0.25) is 9.59 Å². The van der Waals surface area contributed by atoms with Crippen molar-refractivity contribution in [3.63, 3.8) is 0 Å². The van der Waals surface area contributed by atoms with Gasteiger partial charge in [0.15, 0.2) is 0 Å². The lowest BCUT2D eigenvalue weighted by Crippen LogP contribution is -2.23. The third kappa shape index (κ3) is 5.44. The molecule has 0 atom stereocenters. The van der Waals surface area contributed by atoms with Crippen molar-refractivity contribution in [1.82, 2.24) is 20.7 Å². The van der Waals surface area contributed by atoms with Crippen molar-refractivity contribution in [3.05, 3.63) is 36.9 Å². The van der Waals surface area contributed by atoms with Crippen molar-refractivity contribution in [1.29, 1.82) is 0 Å². The zero-order chi connectivity index (χ0) is 14.1. The number of nitrogens with one attached hydrogen (secondary N) is 2. The minimum absolute atomic E-state index is 0.0560. The largest absolute Gasteiger partial charge is 0.481 e. The Hall–Kier alpha value is -2.70. The van der Waals surface area contributed by atoms with Gasteiger partial charge >= 0.3 is 5.97 Å². The van der Waals surface area contributed by atoms with Crippen LogP contribution in [0, 0.1) is 0 Å². The molecule has 0 saturated carbocycles. The number of fused-ring (bicyclic) bond motifs is 1. The smallest absolute Gasteiger partial charge is 0.305 e. The Morgan fingerprint density at radius 3 is 2.37 bits per heavy atom. The van der Waals surface area contributed by atoms with E-state index in [0.717, 1.165) is 17.1 Å². The molecule has 0 bridgehead atoms. The number of nitrogens with zero attached hydrogens (tertiary/aromatic N) is 2. The van der Waals surface area contributed by atoms with E-state index in [2.05, 4.69) is 27.3 Å². The van der Waals surface area contributed by atoms with Crippen LogP contribution in [-0.4, -0.2) is 38.9 Å². The maximum absolute atomic E-state index is 10.4. The molecule has 0 radical (unpaired) electrons. The van der Waals surface area contributed by atoms with Gasteiger partial charge in [-0.25, -0.2) is 0 Å². The van der Waals surface area contributed by atoms with Crippen LogP contribution in [0.4, 0.5) is 0 Å². The summed E-state index contributed by atoms with van der Waals surface area (Å²) in [6, 6.07) is 7.70. The molecule has 100 valence electrons. The number of hydrogen-bond acceptors (Lipinski definition) is 4. The number of carboxylic acid groups (broad SMARTS) is 1. The van der Waals surface area contributed by atoms with Gasteiger partial charge in [-0.1, -0.05) is 18.7 Å². The molecule has 0 spiro atoms. The Morgan fingerprint density at radius 1 is 1.32 bits per heavy atom. The number of amides is 1. The van der Waals surface area contributed by atoms with E-state index in [0.29, 0.717) is 0 Å². The van der Waals surface area contributed by atoms with E-state index in [-0.39, 0.29) is 18.9 Å². The Balaban J connectivity index is 0.000000190. The minimum atomic E-state index is -0.927. The summed E-state index contributed by atoms with van der Waals surface area (Å²) in [6.07, 6.45) is 1.04. The zero-order valence-electron chi connectivity index (χ0n) is 10.2. The number of hydrogen-bond donors (Lipinski definition) is 3. The molecule has 7 heteroatoms. The highest BCUT2D eigenvalue weighted by Crippen LogP contribution is 2.03. The number of carboxylic acids is 1. The van der Waals surface area contributed by atoms with Gasteiger partial charge in [0, 0.05) is 6.54 Å². The first-order valence-corrected chi connectivity index (χ1v) is 5.51. The molecule has 0 saturated heterocycles. The molecular weight excluding hydrogens is 248 g/mol. The normalized spacial score (nSPS) is 9.26. The molecule has 1 aromatic heterocycles. The number of para-hydroxylation sites is 2. The van der Waals surface area contributed by atoms with Crippen LogP contribution in [0.1, 0.15) is 6.42 Å². The number of rotatable bonds is 4. The molecule has 1 amide bonds. The average Bonchev–Trinajstić information content (AvgIpc) is 2.87. The van der Waals surface area contributed by atoms with E-state index in [9.17, 15) is 9.59 Å². The highest BCUT2D eigenvalue weighted by Gasteiger charge is 1.96. The SMILES string of the molecule is C=CC(=O)NCCC(=O)O.c1ccc2n[nH]nc2c1. The fourth-order valence-corrected chi connectivity index (χ4v) is 1.15. The van der Waals surface area contributed by atoms with Crippen LogP contribution in [0.2, 0.25) is 0 Å². The summed E-state index contributed by atoms with van der Waals surface area (Å²) in [5.74, 6) is -1.27. The van der Waals surface area contributed by atoms with Crippen molar-refractivity contribution in [2.45, 2.75) is 6.42 Å². The van der Waals surface area contributed by atoms with Gasteiger partial charge in [0.05, 0.1) is 6.42 Å².